The second kappa shape index (κ2) is 28.1. The first kappa shape index (κ1) is 65.5. The number of aliphatic hydroxyl groups is 2. The van der Waals surface area contributed by atoms with Crippen LogP contribution in [-0.2, 0) is 57.1 Å². The van der Waals surface area contributed by atoms with Crippen LogP contribution in [0.3, 0.4) is 0 Å². The van der Waals surface area contributed by atoms with Crippen molar-refractivity contribution in [3.05, 3.63) is 89.1 Å². The molecule has 1 aliphatic heterocycles. The fourth-order valence-electron chi connectivity index (χ4n) is 11.7. The molecule has 11 atom stereocenters. The number of carbonyl (C=O) groups is 7. The van der Waals surface area contributed by atoms with Gasteiger partial charge in [-0.3, -0.25) is 14.4 Å². The molecule has 1 aromatic carbocycles. The Labute approximate surface area is 477 Å². The van der Waals surface area contributed by atoms with Crippen LogP contribution in [0.5, 0.6) is 5.75 Å². The first-order valence-corrected chi connectivity index (χ1v) is 28.2. The van der Waals surface area contributed by atoms with Gasteiger partial charge in [0.15, 0.2) is 17.5 Å². The van der Waals surface area contributed by atoms with Gasteiger partial charge in [0.05, 0.1) is 44.3 Å². The second-order valence-corrected chi connectivity index (χ2v) is 23.4. The maximum absolute atomic E-state index is 15.9. The number of Topliss-reactive ketones (excluding diaryl/α,β-unsaturated/α-hetero) is 1. The van der Waals surface area contributed by atoms with Crippen molar-refractivity contribution in [2.24, 2.45) is 16.7 Å². The third-order valence-electron chi connectivity index (χ3n) is 15.9. The van der Waals surface area contributed by atoms with Crippen LogP contribution in [0.25, 0.3) is 0 Å². The van der Waals surface area contributed by atoms with Crippen molar-refractivity contribution in [3.63, 3.8) is 0 Å². The molecule has 1 heterocycles. The maximum Gasteiger partial charge on any atom is 0.509 e. The van der Waals surface area contributed by atoms with E-state index in [0.29, 0.717) is 18.4 Å². The highest BCUT2D eigenvalue weighted by Crippen LogP contribution is 2.64. The van der Waals surface area contributed by atoms with Gasteiger partial charge in [0.1, 0.15) is 40.8 Å². The van der Waals surface area contributed by atoms with Gasteiger partial charge in [0, 0.05) is 31.6 Å². The highest BCUT2D eigenvalue weighted by molar-refractivity contribution is 5.96. The molecule has 0 aromatic heterocycles. The first-order valence-electron chi connectivity index (χ1n) is 28.2. The van der Waals surface area contributed by atoms with Gasteiger partial charge in [-0.25, -0.2) is 19.2 Å². The van der Waals surface area contributed by atoms with Gasteiger partial charge < -0.3 is 58.2 Å². The monoisotopic (exact) mass is 1130 g/mol. The fourth-order valence-corrected chi connectivity index (χ4v) is 11.7. The fraction of sp³-hybridized carbons (Fsp3) is 0.629. The van der Waals surface area contributed by atoms with Crippen LogP contribution in [0.15, 0.2) is 83.5 Å². The molecular formula is C62H87NO18. The summed E-state index contributed by atoms with van der Waals surface area (Å²) in [6.45, 7) is 17.2. The molecule has 1 saturated heterocycles. The normalized spacial score (nSPS) is 27.5. The molecule has 2 saturated carbocycles. The SMILES string of the molecule is CCC/C=C\C/C=C\C/C=C\CCCCCCC(=O)O[C@@H](C(=O)O[C@H]1C[C@@]2(O)C(OC(=O)c3ccccc3OC)C3[C@](C)(C(=O)[C@H](OC(=O)OC)C(=C1C)C2(C)C)[C@@H](O)C[C@H]1OC[C@@]31OC(C)=O)[C@H](C=C(C)C)NC(=O)OC(C)(C)C. The van der Waals surface area contributed by atoms with Crippen molar-refractivity contribution >= 4 is 41.9 Å². The summed E-state index contributed by atoms with van der Waals surface area (Å²) in [5, 5.41) is 29.0. The number of hydrogen-bond donors (Lipinski definition) is 3. The van der Waals surface area contributed by atoms with Crippen LogP contribution in [0.4, 0.5) is 9.59 Å². The Balaban J connectivity index is 1.58. The van der Waals surface area contributed by atoms with Crippen LogP contribution >= 0.6 is 0 Å². The third kappa shape index (κ3) is 15.2. The van der Waals surface area contributed by atoms with Crippen molar-refractivity contribution in [3.8, 4) is 5.75 Å². The van der Waals surface area contributed by atoms with Gasteiger partial charge in [-0.2, -0.15) is 0 Å². The predicted molar refractivity (Wildman–Crippen MR) is 299 cm³/mol. The zero-order valence-electron chi connectivity index (χ0n) is 49.6. The number of benzene rings is 1. The Morgan fingerprint density at radius 1 is 0.877 bits per heavy atom. The summed E-state index contributed by atoms with van der Waals surface area (Å²) in [5.41, 5.74) is -8.89. The van der Waals surface area contributed by atoms with Crippen molar-refractivity contribution in [1.29, 1.82) is 0 Å². The smallest absolute Gasteiger partial charge is 0.496 e. The summed E-state index contributed by atoms with van der Waals surface area (Å²) in [6, 6.07) is 4.71. The number of alkyl carbamates (subject to hydrolysis) is 1. The molecule has 81 heavy (non-hydrogen) atoms. The highest BCUT2D eigenvalue weighted by atomic mass is 16.7. The summed E-state index contributed by atoms with van der Waals surface area (Å²) in [7, 11) is 2.36. The first-order chi connectivity index (χ1) is 38.1. The number of methoxy groups -OCH3 is 2. The van der Waals surface area contributed by atoms with Gasteiger partial charge in [0.2, 0.25) is 6.10 Å². The molecule has 1 aromatic rings. The maximum atomic E-state index is 15.9. The quantitative estimate of drug-likeness (QED) is 0.0377. The number of ether oxygens (including phenoxy) is 9. The second-order valence-electron chi connectivity index (χ2n) is 23.4. The molecule has 19 heteroatoms. The van der Waals surface area contributed by atoms with Crippen LogP contribution in [-0.4, -0.2) is 132 Å². The number of ketones is 1. The Morgan fingerprint density at radius 2 is 1.52 bits per heavy atom. The van der Waals surface area contributed by atoms with E-state index in [1.165, 1.54) is 53.0 Å². The molecule has 0 spiro atoms. The number of carbonyl (C=O) groups excluding carboxylic acids is 7. The number of nitrogens with one attached hydrogen (secondary N) is 1. The van der Waals surface area contributed by atoms with Crippen molar-refractivity contribution < 1.29 is 86.4 Å². The van der Waals surface area contributed by atoms with Crippen LogP contribution < -0.4 is 10.1 Å². The lowest BCUT2D eigenvalue weighted by Gasteiger charge is -2.67. The van der Waals surface area contributed by atoms with Gasteiger partial charge in [-0.1, -0.05) is 100 Å². The van der Waals surface area contributed by atoms with Crippen LogP contribution in [0.2, 0.25) is 0 Å². The number of esters is 4. The third-order valence-corrected chi connectivity index (χ3v) is 15.9. The van der Waals surface area contributed by atoms with Gasteiger partial charge in [0.25, 0.3) is 0 Å². The summed E-state index contributed by atoms with van der Waals surface area (Å²) < 4.78 is 52.9. The molecule has 2 unspecified atom stereocenters. The van der Waals surface area contributed by atoms with E-state index in [1.807, 2.05) is 0 Å². The van der Waals surface area contributed by atoms with E-state index < -0.39 is 125 Å². The molecule has 448 valence electrons. The Kier molecular flexibility index (Phi) is 22.7. The van der Waals surface area contributed by atoms with Gasteiger partial charge in [-0.05, 0) is 110 Å². The Bertz CT molecular complexity index is 2590. The highest BCUT2D eigenvalue weighted by Gasteiger charge is 2.78. The van der Waals surface area contributed by atoms with Crippen LogP contribution in [0.1, 0.15) is 164 Å². The van der Waals surface area contributed by atoms with Crippen LogP contribution in [0, 0.1) is 16.7 Å². The van der Waals surface area contributed by atoms with E-state index in [2.05, 4.69) is 48.7 Å². The number of aliphatic hydroxyl groups excluding tert-OH is 1. The van der Waals surface area contributed by atoms with E-state index in [4.69, 9.17) is 42.6 Å². The summed E-state index contributed by atoms with van der Waals surface area (Å²) in [4.78, 5) is 100.0. The van der Waals surface area contributed by atoms with E-state index in [1.54, 1.807) is 46.8 Å². The zero-order valence-corrected chi connectivity index (χ0v) is 49.6. The number of unbranched alkanes of at least 4 members (excludes halogenated alkanes) is 5. The molecule has 5 rings (SSSR count). The molecule has 3 fully saturated rings. The molecule has 19 nitrogen and oxygen atoms in total. The summed E-state index contributed by atoms with van der Waals surface area (Å²) in [5.74, 6) is -6.42. The molecule has 3 N–H and O–H groups in total. The van der Waals surface area contributed by atoms with E-state index in [-0.39, 0.29) is 41.9 Å². The predicted octanol–water partition coefficient (Wildman–Crippen LogP) is 9.79. The average Bonchev–Trinajstić information content (AvgIpc) is 3.58. The topological polar surface area (TPSA) is 255 Å². The van der Waals surface area contributed by atoms with Crippen molar-refractivity contribution in [2.75, 3.05) is 20.8 Å². The summed E-state index contributed by atoms with van der Waals surface area (Å²) in [6.07, 6.45) is 8.53. The minimum absolute atomic E-state index is 0.0834. The van der Waals surface area contributed by atoms with Gasteiger partial charge >= 0.3 is 36.1 Å². The largest absolute Gasteiger partial charge is 0.509 e. The molecule has 3 aliphatic carbocycles. The number of hydrogen-bond acceptors (Lipinski definition) is 18. The molecule has 2 bridgehead atoms. The average molecular weight is 1130 g/mol. The van der Waals surface area contributed by atoms with E-state index in [9.17, 15) is 34.2 Å². The lowest BCUT2D eigenvalue weighted by Crippen LogP contribution is -2.82. The minimum Gasteiger partial charge on any atom is -0.496 e. The lowest BCUT2D eigenvalue weighted by atomic mass is 9.44. The molecule has 1 amide bonds. The number of amides is 1. The van der Waals surface area contributed by atoms with Crippen molar-refractivity contribution in [1.82, 2.24) is 5.32 Å². The van der Waals surface area contributed by atoms with E-state index >= 15 is 9.59 Å². The summed E-state index contributed by atoms with van der Waals surface area (Å²) >= 11 is 0. The number of fused-ring (bicyclic) bond motifs is 5. The lowest BCUT2D eigenvalue weighted by molar-refractivity contribution is -0.346. The van der Waals surface area contributed by atoms with Crippen molar-refractivity contribution in [2.45, 2.75) is 213 Å². The molecular weight excluding hydrogens is 1050 g/mol. The molecule has 4 aliphatic rings. The molecule has 0 radical (unpaired) electrons. The Morgan fingerprint density at radius 3 is 2.11 bits per heavy atom. The van der Waals surface area contributed by atoms with Gasteiger partial charge in [-0.15, -0.1) is 0 Å². The Hall–Kier alpha value is -6.31. The van der Waals surface area contributed by atoms with E-state index in [0.717, 1.165) is 59.0 Å². The zero-order chi connectivity index (χ0) is 60.1. The number of para-hydroxylation sites is 1. The minimum atomic E-state index is -2.53. The standard InChI is InChI=1S/C62H87NO18/c1-14-15-16-17-18-19-20-21-22-23-24-25-26-27-28-33-47(66)77-49(42(34-38(2)3)63-56(70)81-58(6,7)8)55(69)76-44-36-62(72)53(79-54(68)41-31-29-30-32-43(41)73-12)51-60(11,45(65)35-46-61(51,37-75-46)80-40(5)64)52(67)50(78-57(71)74-13)48(39(44)4)59(62,9)10/h16-17,19-20,22-23,29-32,34,42,44-46,49-51,53,65,72H,14-15,18,21,24-28,33,35-37H2,1-13H3,(H,63,70)/b17-16-,20-19-,23-22-/t42-,44-,45-,46+,49+,50+,51?,53?,60+,61-,62+/m0/s1. The number of rotatable bonds is 24. The number of allylic oxidation sites excluding steroid dienone is 7.